The Morgan fingerprint density at radius 1 is 1.60 bits per heavy atom. The van der Waals surface area contributed by atoms with Gasteiger partial charge in [-0.2, -0.15) is 5.21 Å². The summed E-state index contributed by atoms with van der Waals surface area (Å²) in [5.41, 5.74) is 0. The monoisotopic (exact) mass is 143 g/mol. The molecule has 0 radical (unpaired) electrons. The maximum Gasteiger partial charge on any atom is 0.174 e. The van der Waals surface area contributed by atoms with E-state index in [2.05, 4.69) is 25.5 Å². The van der Waals surface area contributed by atoms with Gasteiger partial charge in [0.05, 0.1) is 6.61 Å². The number of tetrazole rings is 1. The minimum absolute atomic E-state index is 0.522. The van der Waals surface area contributed by atoms with E-state index in [1.165, 1.54) is 0 Å². The molecule has 0 aliphatic heterocycles. The normalized spacial score (nSPS) is 10.1. The Morgan fingerprint density at radius 3 is 3.10 bits per heavy atom. The van der Waals surface area contributed by atoms with E-state index in [0.717, 1.165) is 12.8 Å². The van der Waals surface area contributed by atoms with Crippen LogP contribution in [-0.4, -0.2) is 27.2 Å². The second kappa shape index (κ2) is 3.91. The molecule has 0 aliphatic rings. The van der Waals surface area contributed by atoms with E-state index in [9.17, 15) is 0 Å². The first-order valence-corrected chi connectivity index (χ1v) is 2.97. The Hall–Kier alpha value is -1.01. The van der Waals surface area contributed by atoms with Gasteiger partial charge in [0, 0.05) is 6.42 Å². The summed E-state index contributed by atoms with van der Waals surface area (Å²) in [6.07, 6.45) is 1.56. The van der Waals surface area contributed by atoms with Crippen molar-refractivity contribution in [1.82, 2.24) is 20.6 Å². The van der Waals surface area contributed by atoms with Gasteiger partial charge >= 0.3 is 0 Å². The zero-order valence-corrected chi connectivity index (χ0v) is 5.45. The van der Waals surface area contributed by atoms with Crippen LogP contribution in [0.4, 0.5) is 0 Å². The molecule has 0 atom stereocenters. The number of H-pyrrole nitrogens is 1. The number of rotatable bonds is 4. The van der Waals surface area contributed by atoms with E-state index in [1.807, 2.05) is 0 Å². The molecule has 0 saturated heterocycles. The first-order chi connectivity index (χ1) is 4.93. The molecular weight excluding hydrogens is 134 g/mol. The second-order valence-electron chi connectivity index (χ2n) is 1.80. The molecule has 0 aliphatic carbocycles. The lowest BCUT2D eigenvalue weighted by molar-refractivity contribution is 0.135. The molecule has 0 saturated carbocycles. The molecule has 0 fully saturated rings. The SMILES string of the molecule is NOCCCc1nn[nH]n1. The van der Waals surface area contributed by atoms with Gasteiger partial charge in [-0.05, 0) is 6.42 Å². The van der Waals surface area contributed by atoms with E-state index in [0.29, 0.717) is 12.4 Å². The minimum atomic E-state index is 0.522. The van der Waals surface area contributed by atoms with Crippen molar-refractivity contribution in [3.05, 3.63) is 5.82 Å². The van der Waals surface area contributed by atoms with Crippen LogP contribution in [-0.2, 0) is 11.3 Å². The number of aromatic nitrogens is 4. The third kappa shape index (κ3) is 2.08. The van der Waals surface area contributed by atoms with Gasteiger partial charge in [0.15, 0.2) is 5.82 Å². The lowest BCUT2D eigenvalue weighted by Crippen LogP contribution is -2.02. The highest BCUT2D eigenvalue weighted by molar-refractivity contribution is 4.74. The number of nitrogens with zero attached hydrogens (tertiary/aromatic N) is 3. The van der Waals surface area contributed by atoms with Crippen molar-refractivity contribution in [2.45, 2.75) is 12.8 Å². The number of nitrogens with two attached hydrogens (primary N) is 1. The number of nitrogens with one attached hydrogen (secondary N) is 1. The Morgan fingerprint density at radius 2 is 2.50 bits per heavy atom. The smallest absolute Gasteiger partial charge is 0.174 e. The first-order valence-electron chi connectivity index (χ1n) is 2.97. The number of hydrogen-bond donors (Lipinski definition) is 2. The Kier molecular flexibility index (Phi) is 2.78. The van der Waals surface area contributed by atoms with Crippen LogP contribution >= 0.6 is 0 Å². The minimum Gasteiger partial charge on any atom is -0.305 e. The highest BCUT2D eigenvalue weighted by atomic mass is 16.6. The summed E-state index contributed by atoms with van der Waals surface area (Å²) in [6, 6.07) is 0. The molecule has 10 heavy (non-hydrogen) atoms. The predicted octanol–water partition coefficient (Wildman–Crippen LogP) is -0.977. The standard InChI is InChI=1S/C4H9N5O/c5-10-3-1-2-4-6-8-9-7-4/h1-3,5H2,(H,6,7,8,9). The van der Waals surface area contributed by atoms with Gasteiger partial charge in [0.1, 0.15) is 0 Å². The third-order valence-electron chi connectivity index (χ3n) is 1.05. The van der Waals surface area contributed by atoms with Crippen molar-refractivity contribution in [3.8, 4) is 0 Å². The van der Waals surface area contributed by atoms with E-state index in [4.69, 9.17) is 5.90 Å². The summed E-state index contributed by atoms with van der Waals surface area (Å²) in [6.45, 7) is 0.522. The molecule has 1 aromatic heterocycles. The van der Waals surface area contributed by atoms with Crippen LogP contribution in [0.1, 0.15) is 12.2 Å². The summed E-state index contributed by atoms with van der Waals surface area (Å²) in [5, 5.41) is 13.2. The second-order valence-corrected chi connectivity index (χ2v) is 1.80. The van der Waals surface area contributed by atoms with Crippen LogP contribution in [0.5, 0.6) is 0 Å². The molecule has 1 aromatic rings. The Balaban J connectivity index is 2.15. The molecule has 0 spiro atoms. The van der Waals surface area contributed by atoms with Gasteiger partial charge in [-0.25, -0.2) is 5.90 Å². The summed E-state index contributed by atoms with van der Waals surface area (Å²) < 4.78 is 0. The summed E-state index contributed by atoms with van der Waals surface area (Å²) in [4.78, 5) is 4.35. The lowest BCUT2D eigenvalue weighted by Gasteiger charge is -1.91. The van der Waals surface area contributed by atoms with Crippen molar-refractivity contribution >= 4 is 0 Å². The van der Waals surface area contributed by atoms with Gasteiger partial charge in [-0.15, -0.1) is 10.2 Å². The fourth-order valence-corrected chi connectivity index (χ4v) is 0.602. The fourth-order valence-electron chi connectivity index (χ4n) is 0.602. The summed E-state index contributed by atoms with van der Waals surface area (Å²) in [7, 11) is 0. The zero-order valence-electron chi connectivity index (χ0n) is 5.45. The summed E-state index contributed by atoms with van der Waals surface area (Å²) >= 11 is 0. The lowest BCUT2D eigenvalue weighted by atomic mass is 10.3. The van der Waals surface area contributed by atoms with Crippen molar-refractivity contribution < 1.29 is 4.84 Å². The average Bonchev–Trinajstić information content (AvgIpc) is 2.41. The van der Waals surface area contributed by atoms with E-state index < -0.39 is 0 Å². The molecular formula is C4H9N5O. The molecule has 0 amide bonds. The van der Waals surface area contributed by atoms with E-state index >= 15 is 0 Å². The molecule has 0 bridgehead atoms. The average molecular weight is 143 g/mol. The fraction of sp³-hybridized carbons (Fsp3) is 0.750. The molecule has 0 aromatic carbocycles. The third-order valence-corrected chi connectivity index (χ3v) is 1.05. The Bertz CT molecular complexity index is 162. The van der Waals surface area contributed by atoms with Crippen LogP contribution in [0.3, 0.4) is 0 Å². The number of hydrogen-bond acceptors (Lipinski definition) is 5. The van der Waals surface area contributed by atoms with Crippen LogP contribution < -0.4 is 5.90 Å². The van der Waals surface area contributed by atoms with E-state index in [1.54, 1.807) is 0 Å². The van der Waals surface area contributed by atoms with Gasteiger partial charge < -0.3 is 4.84 Å². The molecule has 6 nitrogen and oxygen atoms in total. The van der Waals surface area contributed by atoms with Crippen molar-refractivity contribution in [2.75, 3.05) is 6.61 Å². The maximum atomic E-state index is 4.80. The molecule has 0 unspecified atom stereocenters. The predicted molar refractivity (Wildman–Crippen MR) is 32.6 cm³/mol. The topological polar surface area (TPSA) is 89.7 Å². The molecule has 1 heterocycles. The van der Waals surface area contributed by atoms with E-state index in [-0.39, 0.29) is 0 Å². The highest BCUT2D eigenvalue weighted by Gasteiger charge is 1.95. The van der Waals surface area contributed by atoms with Crippen molar-refractivity contribution in [3.63, 3.8) is 0 Å². The van der Waals surface area contributed by atoms with Crippen LogP contribution in [0, 0.1) is 0 Å². The van der Waals surface area contributed by atoms with Crippen molar-refractivity contribution in [2.24, 2.45) is 5.90 Å². The Labute approximate surface area is 57.7 Å². The van der Waals surface area contributed by atoms with Crippen molar-refractivity contribution in [1.29, 1.82) is 0 Å². The van der Waals surface area contributed by atoms with Crippen LogP contribution in [0.15, 0.2) is 0 Å². The van der Waals surface area contributed by atoms with Gasteiger partial charge in [-0.3, -0.25) is 0 Å². The number of aromatic amines is 1. The van der Waals surface area contributed by atoms with Gasteiger partial charge in [-0.1, -0.05) is 5.21 Å². The molecule has 3 N–H and O–H groups in total. The zero-order chi connectivity index (χ0) is 7.23. The highest BCUT2D eigenvalue weighted by Crippen LogP contribution is 1.90. The summed E-state index contributed by atoms with van der Waals surface area (Å²) in [5.74, 6) is 5.50. The van der Waals surface area contributed by atoms with Crippen LogP contribution in [0.25, 0.3) is 0 Å². The maximum absolute atomic E-state index is 4.80. The molecule has 6 heteroatoms. The quantitative estimate of drug-likeness (QED) is 0.417. The van der Waals surface area contributed by atoms with Gasteiger partial charge in [0.25, 0.3) is 0 Å². The largest absolute Gasteiger partial charge is 0.305 e. The molecule has 1 rings (SSSR count). The van der Waals surface area contributed by atoms with Crippen LogP contribution in [0.2, 0.25) is 0 Å². The van der Waals surface area contributed by atoms with Gasteiger partial charge in [0.2, 0.25) is 0 Å². The number of aryl methyl sites for hydroxylation is 1. The first kappa shape index (κ1) is 7.10. The molecule has 56 valence electrons.